The van der Waals surface area contributed by atoms with Gasteiger partial charge >= 0.3 is 5.97 Å². The zero-order chi connectivity index (χ0) is 14.4. The minimum Gasteiger partial charge on any atom is -0.482 e. The lowest BCUT2D eigenvalue weighted by Gasteiger charge is -2.19. The van der Waals surface area contributed by atoms with E-state index in [0.717, 1.165) is 19.3 Å². The summed E-state index contributed by atoms with van der Waals surface area (Å²) in [7, 11) is 0. The zero-order valence-electron chi connectivity index (χ0n) is 12.1. The number of carbonyl (C=O) groups excluding carboxylic acids is 1. The van der Waals surface area contributed by atoms with Crippen LogP contribution in [0, 0.1) is 0 Å². The van der Waals surface area contributed by atoms with Crippen LogP contribution in [0.15, 0.2) is 18.2 Å². The monoisotopic (exact) mass is 277 g/mol. The van der Waals surface area contributed by atoms with E-state index in [0.29, 0.717) is 12.4 Å². The molecule has 1 aliphatic carbocycles. The Bertz CT molecular complexity index is 459. The van der Waals surface area contributed by atoms with Crippen molar-refractivity contribution in [2.75, 3.05) is 13.2 Å². The van der Waals surface area contributed by atoms with E-state index in [1.165, 1.54) is 24.0 Å². The minimum atomic E-state index is -0.337. The Balaban J connectivity index is 2.03. The summed E-state index contributed by atoms with van der Waals surface area (Å²) in [4.78, 5) is 11.3. The lowest BCUT2D eigenvalue weighted by Crippen LogP contribution is -2.24. The summed E-state index contributed by atoms with van der Waals surface area (Å²) < 4.78 is 10.3. The Morgan fingerprint density at radius 1 is 1.35 bits per heavy atom. The van der Waals surface area contributed by atoms with Gasteiger partial charge in [-0.25, -0.2) is 4.79 Å². The Morgan fingerprint density at radius 3 is 3.00 bits per heavy atom. The maximum atomic E-state index is 11.3. The lowest BCUT2D eigenvalue weighted by molar-refractivity contribution is -0.145. The molecule has 0 spiro atoms. The quantitative estimate of drug-likeness (QED) is 0.857. The number of benzene rings is 1. The standard InChI is InChI=1S/C16H23NO3/c1-2-19-16(18)11-20-15-8-7-12-5-3-4-6-14(17)9-13(12)10-15/h7-8,10,14H,2-6,9,11,17H2,1H3. The van der Waals surface area contributed by atoms with E-state index in [1.807, 2.05) is 12.1 Å². The number of nitrogens with two attached hydrogens (primary N) is 1. The molecular formula is C16H23NO3. The van der Waals surface area contributed by atoms with Gasteiger partial charge in [-0.15, -0.1) is 0 Å². The predicted octanol–water partition coefficient (Wildman–Crippen LogP) is 2.22. The zero-order valence-corrected chi connectivity index (χ0v) is 12.1. The average molecular weight is 277 g/mol. The Labute approximate surface area is 120 Å². The van der Waals surface area contributed by atoms with Crippen molar-refractivity contribution in [3.8, 4) is 5.75 Å². The van der Waals surface area contributed by atoms with Crippen molar-refractivity contribution in [1.29, 1.82) is 0 Å². The Morgan fingerprint density at radius 2 is 2.20 bits per heavy atom. The molecule has 4 nitrogen and oxygen atoms in total. The second kappa shape index (κ2) is 7.29. The van der Waals surface area contributed by atoms with Gasteiger partial charge in [0.2, 0.25) is 0 Å². The first kappa shape index (κ1) is 14.9. The number of esters is 1. The number of hydrogen-bond acceptors (Lipinski definition) is 4. The molecule has 4 heteroatoms. The van der Waals surface area contributed by atoms with Crippen LogP contribution in [0.3, 0.4) is 0 Å². The molecule has 1 unspecified atom stereocenters. The molecule has 0 saturated heterocycles. The molecule has 0 aliphatic heterocycles. The first-order valence-electron chi connectivity index (χ1n) is 7.35. The molecule has 1 aromatic carbocycles. The van der Waals surface area contributed by atoms with E-state index >= 15 is 0 Å². The molecule has 1 atom stereocenters. The highest BCUT2D eigenvalue weighted by atomic mass is 16.6. The van der Waals surface area contributed by atoms with Crippen LogP contribution in [-0.4, -0.2) is 25.2 Å². The van der Waals surface area contributed by atoms with Crippen LogP contribution < -0.4 is 10.5 Å². The van der Waals surface area contributed by atoms with Crippen molar-refractivity contribution in [3.05, 3.63) is 29.3 Å². The summed E-state index contributed by atoms with van der Waals surface area (Å²) in [5.41, 5.74) is 8.72. The molecule has 0 bridgehead atoms. The van der Waals surface area contributed by atoms with Gasteiger partial charge in [0.05, 0.1) is 6.61 Å². The van der Waals surface area contributed by atoms with Crippen LogP contribution in [0.25, 0.3) is 0 Å². The molecule has 20 heavy (non-hydrogen) atoms. The van der Waals surface area contributed by atoms with Crippen LogP contribution in [0.4, 0.5) is 0 Å². The van der Waals surface area contributed by atoms with Crippen molar-refractivity contribution in [2.45, 2.75) is 45.1 Å². The number of hydrogen-bond donors (Lipinski definition) is 1. The lowest BCUT2D eigenvalue weighted by atomic mass is 9.91. The van der Waals surface area contributed by atoms with Crippen LogP contribution in [0.5, 0.6) is 5.75 Å². The van der Waals surface area contributed by atoms with E-state index in [1.54, 1.807) is 6.92 Å². The van der Waals surface area contributed by atoms with Gasteiger partial charge in [0.15, 0.2) is 6.61 Å². The summed E-state index contributed by atoms with van der Waals surface area (Å²) in [6, 6.07) is 6.24. The van der Waals surface area contributed by atoms with E-state index in [-0.39, 0.29) is 18.6 Å². The van der Waals surface area contributed by atoms with Crippen LogP contribution in [-0.2, 0) is 22.4 Å². The average Bonchev–Trinajstić information content (AvgIpc) is 2.41. The van der Waals surface area contributed by atoms with Gasteiger partial charge in [-0.3, -0.25) is 0 Å². The number of carbonyl (C=O) groups is 1. The Kier molecular flexibility index (Phi) is 5.41. The fourth-order valence-corrected chi connectivity index (χ4v) is 2.58. The van der Waals surface area contributed by atoms with Crippen molar-refractivity contribution in [1.82, 2.24) is 0 Å². The highest BCUT2D eigenvalue weighted by Gasteiger charge is 2.13. The summed E-state index contributed by atoms with van der Waals surface area (Å²) in [5, 5.41) is 0. The fourth-order valence-electron chi connectivity index (χ4n) is 2.58. The third kappa shape index (κ3) is 4.23. The molecule has 0 aromatic heterocycles. The van der Waals surface area contributed by atoms with Gasteiger partial charge in [0, 0.05) is 6.04 Å². The van der Waals surface area contributed by atoms with E-state index in [9.17, 15) is 4.79 Å². The molecule has 110 valence electrons. The summed E-state index contributed by atoms with van der Waals surface area (Å²) in [5.74, 6) is 0.375. The molecule has 2 rings (SSSR count). The van der Waals surface area contributed by atoms with Crippen molar-refractivity contribution in [3.63, 3.8) is 0 Å². The smallest absolute Gasteiger partial charge is 0.344 e. The maximum absolute atomic E-state index is 11.3. The van der Waals surface area contributed by atoms with Gasteiger partial charge in [0.25, 0.3) is 0 Å². The van der Waals surface area contributed by atoms with Crippen molar-refractivity contribution in [2.24, 2.45) is 5.73 Å². The molecule has 1 aliphatic rings. The van der Waals surface area contributed by atoms with Gasteiger partial charge in [-0.05, 0) is 55.9 Å². The first-order valence-corrected chi connectivity index (χ1v) is 7.35. The van der Waals surface area contributed by atoms with Crippen molar-refractivity contribution < 1.29 is 14.3 Å². The van der Waals surface area contributed by atoms with E-state index < -0.39 is 0 Å². The molecule has 0 saturated carbocycles. The van der Waals surface area contributed by atoms with Crippen LogP contribution in [0.1, 0.15) is 37.3 Å². The van der Waals surface area contributed by atoms with Crippen LogP contribution >= 0.6 is 0 Å². The van der Waals surface area contributed by atoms with Gasteiger partial charge in [0.1, 0.15) is 5.75 Å². The number of rotatable bonds is 4. The first-order chi connectivity index (χ1) is 9.69. The fraction of sp³-hybridized carbons (Fsp3) is 0.562. The maximum Gasteiger partial charge on any atom is 0.344 e. The number of fused-ring (bicyclic) bond motifs is 1. The summed E-state index contributed by atoms with van der Waals surface area (Å²) in [6.07, 6.45) is 5.44. The topological polar surface area (TPSA) is 61.5 Å². The predicted molar refractivity (Wildman–Crippen MR) is 77.8 cm³/mol. The summed E-state index contributed by atoms with van der Waals surface area (Å²) >= 11 is 0. The molecular weight excluding hydrogens is 254 g/mol. The number of ether oxygens (including phenoxy) is 2. The SMILES string of the molecule is CCOC(=O)COc1ccc2c(c1)CC(N)CCCC2. The third-order valence-electron chi connectivity index (χ3n) is 3.59. The van der Waals surface area contributed by atoms with E-state index in [2.05, 4.69) is 6.07 Å². The number of aryl methyl sites for hydroxylation is 1. The Hall–Kier alpha value is -1.55. The highest BCUT2D eigenvalue weighted by Crippen LogP contribution is 2.24. The normalized spacial score (nSPS) is 18.6. The second-order valence-corrected chi connectivity index (χ2v) is 5.23. The minimum absolute atomic E-state index is 0.0430. The molecule has 1 aromatic rings. The second-order valence-electron chi connectivity index (χ2n) is 5.23. The molecule has 2 N–H and O–H groups in total. The highest BCUT2D eigenvalue weighted by molar-refractivity contribution is 5.71. The van der Waals surface area contributed by atoms with Gasteiger partial charge in [-0.1, -0.05) is 12.5 Å². The van der Waals surface area contributed by atoms with Crippen molar-refractivity contribution >= 4 is 5.97 Å². The molecule has 0 radical (unpaired) electrons. The third-order valence-corrected chi connectivity index (χ3v) is 3.59. The summed E-state index contributed by atoms with van der Waals surface area (Å²) in [6.45, 7) is 2.12. The molecule has 0 fully saturated rings. The van der Waals surface area contributed by atoms with E-state index in [4.69, 9.17) is 15.2 Å². The van der Waals surface area contributed by atoms with Crippen LogP contribution in [0.2, 0.25) is 0 Å². The molecule has 0 amide bonds. The van der Waals surface area contributed by atoms with Gasteiger partial charge < -0.3 is 15.2 Å². The largest absolute Gasteiger partial charge is 0.482 e. The van der Waals surface area contributed by atoms with Gasteiger partial charge in [-0.2, -0.15) is 0 Å². The molecule has 0 heterocycles.